The first-order valence-electron chi connectivity index (χ1n) is 5.19. The Morgan fingerprint density at radius 3 is 1.94 bits per heavy atom. The fourth-order valence-corrected chi connectivity index (χ4v) is 1.21. The molecule has 0 aromatic heterocycles. The molecule has 0 unspecified atom stereocenters. The molecule has 0 nitrogen and oxygen atoms in total. The van der Waals surface area contributed by atoms with Crippen molar-refractivity contribution in [1.29, 1.82) is 0 Å². The molecule has 0 saturated heterocycles. The first-order valence-corrected chi connectivity index (χ1v) is 5.19. The molecule has 0 bridgehead atoms. The lowest BCUT2D eigenvalue weighted by Crippen LogP contribution is -2.10. The molecule has 1 rings (SSSR count). The SMILES string of the molecule is CC.CC(C)c1cccc(C(F)(F)F)c1F. The van der Waals surface area contributed by atoms with E-state index < -0.39 is 17.6 Å². The van der Waals surface area contributed by atoms with Crippen molar-refractivity contribution in [2.24, 2.45) is 0 Å². The molecule has 0 atom stereocenters. The van der Waals surface area contributed by atoms with Gasteiger partial charge in [0, 0.05) is 0 Å². The smallest absolute Gasteiger partial charge is 0.206 e. The summed E-state index contributed by atoms with van der Waals surface area (Å²) in [6.07, 6.45) is -4.62. The van der Waals surface area contributed by atoms with Crippen LogP contribution in [0.3, 0.4) is 0 Å². The molecule has 0 heterocycles. The van der Waals surface area contributed by atoms with Gasteiger partial charge in [0.15, 0.2) is 0 Å². The summed E-state index contributed by atoms with van der Waals surface area (Å²) >= 11 is 0. The summed E-state index contributed by atoms with van der Waals surface area (Å²) in [5.41, 5.74) is -1.09. The van der Waals surface area contributed by atoms with Crippen LogP contribution in [0.25, 0.3) is 0 Å². The highest BCUT2D eigenvalue weighted by molar-refractivity contribution is 5.29. The largest absolute Gasteiger partial charge is 0.419 e. The van der Waals surface area contributed by atoms with E-state index in [4.69, 9.17) is 0 Å². The van der Waals surface area contributed by atoms with E-state index in [0.717, 1.165) is 6.07 Å². The normalized spacial score (nSPS) is 11.1. The van der Waals surface area contributed by atoms with Crippen LogP contribution in [0.5, 0.6) is 0 Å². The summed E-state index contributed by atoms with van der Waals surface area (Å²) in [7, 11) is 0. The van der Waals surface area contributed by atoms with Crippen LogP contribution in [0.15, 0.2) is 18.2 Å². The lowest BCUT2D eigenvalue weighted by molar-refractivity contribution is -0.140. The molecule has 16 heavy (non-hydrogen) atoms. The molecule has 0 fully saturated rings. The van der Waals surface area contributed by atoms with Crippen LogP contribution in [-0.2, 0) is 6.18 Å². The minimum Gasteiger partial charge on any atom is -0.206 e. The van der Waals surface area contributed by atoms with Gasteiger partial charge in [0.25, 0.3) is 0 Å². The van der Waals surface area contributed by atoms with Crippen LogP contribution in [0, 0.1) is 5.82 Å². The first-order chi connectivity index (χ1) is 7.34. The van der Waals surface area contributed by atoms with Crippen molar-refractivity contribution in [1.82, 2.24) is 0 Å². The Bertz CT molecular complexity index is 326. The number of hydrogen-bond donors (Lipinski definition) is 0. The maximum atomic E-state index is 13.3. The number of hydrogen-bond acceptors (Lipinski definition) is 0. The molecule has 0 N–H and O–H groups in total. The molecule has 0 saturated carbocycles. The molecule has 0 amide bonds. The average molecular weight is 236 g/mol. The van der Waals surface area contributed by atoms with Crippen LogP contribution in [0.2, 0.25) is 0 Å². The van der Waals surface area contributed by atoms with E-state index in [9.17, 15) is 17.6 Å². The minimum atomic E-state index is -4.62. The van der Waals surface area contributed by atoms with Crippen molar-refractivity contribution in [3.63, 3.8) is 0 Å². The lowest BCUT2D eigenvalue weighted by Gasteiger charge is -2.12. The number of benzene rings is 1. The first kappa shape index (κ1) is 14.9. The summed E-state index contributed by atoms with van der Waals surface area (Å²) in [6, 6.07) is 3.34. The fourth-order valence-electron chi connectivity index (χ4n) is 1.21. The van der Waals surface area contributed by atoms with Gasteiger partial charge in [0.2, 0.25) is 0 Å². The molecule has 0 radical (unpaired) electrons. The second-order valence-electron chi connectivity index (χ2n) is 3.36. The Morgan fingerprint density at radius 2 is 1.56 bits per heavy atom. The quantitative estimate of drug-likeness (QED) is 0.602. The predicted octanol–water partition coefficient (Wildman–Crippen LogP) is 4.99. The number of halogens is 4. The van der Waals surface area contributed by atoms with Crippen molar-refractivity contribution in [3.8, 4) is 0 Å². The molecule has 1 aromatic rings. The molecule has 1 aromatic carbocycles. The van der Waals surface area contributed by atoms with Gasteiger partial charge in [-0.3, -0.25) is 0 Å². The van der Waals surface area contributed by atoms with Gasteiger partial charge in [-0.05, 0) is 17.5 Å². The van der Waals surface area contributed by atoms with Gasteiger partial charge in [-0.15, -0.1) is 0 Å². The highest BCUT2D eigenvalue weighted by Crippen LogP contribution is 2.33. The number of rotatable bonds is 1. The zero-order valence-corrected chi connectivity index (χ0v) is 9.82. The maximum absolute atomic E-state index is 13.3. The van der Waals surface area contributed by atoms with Crippen molar-refractivity contribution in [3.05, 3.63) is 35.1 Å². The molecular weight excluding hydrogens is 220 g/mol. The third kappa shape index (κ3) is 3.51. The molecule has 4 heteroatoms. The van der Waals surface area contributed by atoms with Crippen molar-refractivity contribution in [2.75, 3.05) is 0 Å². The summed E-state index contributed by atoms with van der Waals surface area (Å²) < 4.78 is 50.1. The van der Waals surface area contributed by atoms with E-state index >= 15 is 0 Å². The van der Waals surface area contributed by atoms with Crippen LogP contribution < -0.4 is 0 Å². The topological polar surface area (TPSA) is 0 Å². The van der Waals surface area contributed by atoms with Crippen LogP contribution >= 0.6 is 0 Å². The van der Waals surface area contributed by atoms with Gasteiger partial charge >= 0.3 is 6.18 Å². The summed E-state index contributed by atoms with van der Waals surface area (Å²) in [5.74, 6) is -1.41. The van der Waals surface area contributed by atoms with Gasteiger partial charge in [0.05, 0.1) is 5.56 Å². The molecular formula is C12H16F4. The van der Waals surface area contributed by atoms with Gasteiger partial charge in [-0.25, -0.2) is 4.39 Å². The zero-order chi connectivity index (χ0) is 12.9. The minimum absolute atomic E-state index is 0.0971. The molecule has 92 valence electrons. The molecule has 0 spiro atoms. The Morgan fingerprint density at radius 1 is 1.06 bits per heavy atom. The van der Waals surface area contributed by atoms with Crippen molar-refractivity contribution in [2.45, 2.75) is 39.8 Å². The van der Waals surface area contributed by atoms with Crippen LogP contribution in [0.1, 0.15) is 44.7 Å². The summed E-state index contributed by atoms with van der Waals surface area (Å²) in [6.45, 7) is 7.30. The van der Waals surface area contributed by atoms with Crippen molar-refractivity contribution >= 4 is 0 Å². The van der Waals surface area contributed by atoms with Crippen molar-refractivity contribution < 1.29 is 17.6 Å². The highest BCUT2D eigenvalue weighted by atomic mass is 19.4. The predicted molar refractivity (Wildman–Crippen MR) is 56.8 cm³/mol. The number of alkyl halides is 3. The van der Waals surface area contributed by atoms with Gasteiger partial charge < -0.3 is 0 Å². The monoisotopic (exact) mass is 236 g/mol. The Labute approximate surface area is 93.3 Å². The van der Waals surface area contributed by atoms with E-state index in [1.165, 1.54) is 12.1 Å². The van der Waals surface area contributed by atoms with E-state index in [-0.39, 0.29) is 11.5 Å². The van der Waals surface area contributed by atoms with E-state index in [2.05, 4.69) is 0 Å². The molecule has 0 aliphatic carbocycles. The Balaban J connectivity index is 0.00000106. The standard InChI is InChI=1S/C10H10F4.C2H6/c1-6(2)7-4-3-5-8(9(7)11)10(12,13)14;1-2/h3-6H,1-2H3;1-2H3. The van der Waals surface area contributed by atoms with Gasteiger partial charge in [0.1, 0.15) is 5.82 Å². The van der Waals surface area contributed by atoms with E-state index in [1.54, 1.807) is 13.8 Å². The summed E-state index contributed by atoms with van der Waals surface area (Å²) in [4.78, 5) is 0. The molecule has 0 aliphatic rings. The van der Waals surface area contributed by atoms with Crippen LogP contribution in [-0.4, -0.2) is 0 Å². The van der Waals surface area contributed by atoms with Crippen LogP contribution in [0.4, 0.5) is 17.6 Å². The Kier molecular flexibility index (Phi) is 5.48. The van der Waals surface area contributed by atoms with E-state index in [0.29, 0.717) is 0 Å². The summed E-state index contributed by atoms with van der Waals surface area (Å²) in [5, 5.41) is 0. The Hall–Kier alpha value is -1.06. The zero-order valence-electron chi connectivity index (χ0n) is 9.82. The second kappa shape index (κ2) is 5.87. The maximum Gasteiger partial charge on any atom is 0.419 e. The van der Waals surface area contributed by atoms with E-state index in [1.807, 2.05) is 13.8 Å². The average Bonchev–Trinajstić information content (AvgIpc) is 2.19. The lowest BCUT2D eigenvalue weighted by atomic mass is 10.00. The van der Waals surface area contributed by atoms with Gasteiger partial charge in [-0.1, -0.05) is 39.8 Å². The molecule has 0 aliphatic heterocycles. The highest BCUT2D eigenvalue weighted by Gasteiger charge is 2.34. The van der Waals surface area contributed by atoms with Gasteiger partial charge in [-0.2, -0.15) is 13.2 Å². The fraction of sp³-hybridized carbons (Fsp3) is 0.500. The third-order valence-corrected chi connectivity index (χ3v) is 1.96. The third-order valence-electron chi connectivity index (χ3n) is 1.96. The second-order valence-corrected chi connectivity index (χ2v) is 3.36.